The van der Waals surface area contributed by atoms with Crippen LogP contribution in [0.5, 0.6) is 0 Å². The summed E-state index contributed by atoms with van der Waals surface area (Å²) >= 11 is 2.57. The van der Waals surface area contributed by atoms with Gasteiger partial charge in [-0.25, -0.2) is 0 Å². The highest BCUT2D eigenvalue weighted by molar-refractivity contribution is 8.01. The van der Waals surface area contributed by atoms with E-state index in [0.29, 0.717) is 22.3 Å². The van der Waals surface area contributed by atoms with Crippen LogP contribution >= 0.6 is 23.1 Å². The van der Waals surface area contributed by atoms with Gasteiger partial charge in [0.2, 0.25) is 16.9 Å². The molecule has 0 saturated heterocycles. The van der Waals surface area contributed by atoms with Crippen molar-refractivity contribution in [2.45, 2.75) is 38.0 Å². The van der Waals surface area contributed by atoms with Gasteiger partial charge >= 0.3 is 0 Å². The zero-order valence-electron chi connectivity index (χ0n) is 17.2. The van der Waals surface area contributed by atoms with E-state index in [1.807, 2.05) is 63.2 Å². The molecular formula is C22H24N4O2S2. The first-order chi connectivity index (χ1) is 14.4. The molecule has 0 saturated carbocycles. The normalized spacial score (nSPS) is 10.6. The summed E-state index contributed by atoms with van der Waals surface area (Å²) < 4.78 is 0.640. The summed E-state index contributed by atoms with van der Waals surface area (Å²) in [4.78, 5) is 24.4. The molecule has 0 unspecified atom stereocenters. The lowest BCUT2D eigenvalue weighted by Crippen LogP contribution is -2.15. The van der Waals surface area contributed by atoms with Gasteiger partial charge in [0.15, 0.2) is 4.34 Å². The van der Waals surface area contributed by atoms with Crippen LogP contribution in [-0.2, 0) is 16.0 Å². The molecule has 1 aromatic heterocycles. The topological polar surface area (TPSA) is 84.0 Å². The van der Waals surface area contributed by atoms with E-state index in [4.69, 9.17) is 0 Å². The summed E-state index contributed by atoms with van der Waals surface area (Å²) in [5.74, 6) is 0.0249. The minimum absolute atomic E-state index is 0.0984. The molecule has 8 heteroatoms. The number of nitrogens with one attached hydrogen (secondary N) is 2. The highest BCUT2D eigenvalue weighted by Gasteiger charge is 2.12. The number of hydrogen-bond donors (Lipinski definition) is 2. The summed E-state index contributed by atoms with van der Waals surface area (Å²) in [5.41, 5.74) is 5.23. The standard InChI is InChI=1S/C22H24N4O2S2/c1-14-11-15(2)20(16(3)12-14)23-19(28)13-29-22-26-25-21(30-22)24-18(27)10-9-17-7-5-4-6-8-17/h4-8,11-12H,9-10,13H2,1-3H3,(H,23,28)(H,24,25,27). The third-order valence-electron chi connectivity index (χ3n) is 4.40. The summed E-state index contributed by atoms with van der Waals surface area (Å²) in [6.45, 7) is 6.01. The molecule has 3 rings (SSSR count). The molecule has 0 spiro atoms. The number of hydrogen-bond acceptors (Lipinski definition) is 6. The Bertz CT molecular complexity index is 1010. The molecule has 0 atom stereocenters. The van der Waals surface area contributed by atoms with Crippen molar-refractivity contribution in [1.82, 2.24) is 10.2 Å². The Morgan fingerprint density at radius 3 is 2.37 bits per heavy atom. The fourth-order valence-corrected chi connectivity index (χ4v) is 4.65. The number of carbonyl (C=O) groups is 2. The van der Waals surface area contributed by atoms with E-state index >= 15 is 0 Å². The predicted molar refractivity (Wildman–Crippen MR) is 123 cm³/mol. The lowest BCUT2D eigenvalue weighted by molar-refractivity contribution is -0.116. The van der Waals surface area contributed by atoms with Gasteiger partial charge in [0.25, 0.3) is 0 Å². The molecule has 6 nitrogen and oxygen atoms in total. The Labute approximate surface area is 184 Å². The molecule has 0 fully saturated rings. The van der Waals surface area contributed by atoms with Crippen LogP contribution in [0, 0.1) is 20.8 Å². The second-order valence-corrected chi connectivity index (χ2v) is 9.22. The molecule has 2 aromatic carbocycles. The number of thioether (sulfide) groups is 1. The summed E-state index contributed by atoms with van der Waals surface area (Å²) in [5, 5.41) is 14.2. The predicted octanol–water partition coefficient (Wildman–Crippen LogP) is 4.77. The van der Waals surface area contributed by atoms with Gasteiger partial charge in [0, 0.05) is 12.1 Å². The van der Waals surface area contributed by atoms with Gasteiger partial charge in [-0.1, -0.05) is 71.1 Å². The first kappa shape index (κ1) is 22.0. The van der Waals surface area contributed by atoms with Crippen LogP contribution in [0.4, 0.5) is 10.8 Å². The van der Waals surface area contributed by atoms with Crippen molar-refractivity contribution in [1.29, 1.82) is 0 Å². The number of carbonyl (C=O) groups excluding carboxylic acids is 2. The van der Waals surface area contributed by atoms with Gasteiger partial charge in [-0.3, -0.25) is 9.59 Å². The van der Waals surface area contributed by atoms with Gasteiger partial charge in [0.1, 0.15) is 0 Å². The summed E-state index contributed by atoms with van der Waals surface area (Å²) in [6, 6.07) is 14.0. The van der Waals surface area contributed by atoms with Crippen LogP contribution < -0.4 is 10.6 Å². The zero-order valence-corrected chi connectivity index (χ0v) is 18.8. The van der Waals surface area contributed by atoms with Crippen molar-refractivity contribution in [2.24, 2.45) is 0 Å². The lowest BCUT2D eigenvalue weighted by atomic mass is 10.1. The fourth-order valence-electron chi connectivity index (χ4n) is 3.08. The van der Waals surface area contributed by atoms with Gasteiger partial charge < -0.3 is 10.6 Å². The number of amides is 2. The van der Waals surface area contributed by atoms with Gasteiger partial charge in [-0.2, -0.15) is 0 Å². The van der Waals surface area contributed by atoms with Gasteiger partial charge in [-0.05, 0) is 43.9 Å². The third-order valence-corrected chi connectivity index (χ3v) is 6.38. The van der Waals surface area contributed by atoms with E-state index in [1.165, 1.54) is 28.7 Å². The van der Waals surface area contributed by atoms with Gasteiger partial charge in [-0.15, -0.1) is 10.2 Å². The minimum atomic E-state index is -0.102. The van der Waals surface area contributed by atoms with E-state index in [2.05, 4.69) is 20.8 Å². The molecule has 2 N–H and O–H groups in total. The van der Waals surface area contributed by atoms with Crippen LogP contribution in [-0.4, -0.2) is 27.8 Å². The Morgan fingerprint density at radius 2 is 1.67 bits per heavy atom. The second-order valence-electron chi connectivity index (χ2n) is 7.02. The van der Waals surface area contributed by atoms with E-state index in [0.717, 1.165) is 22.4 Å². The summed E-state index contributed by atoms with van der Waals surface area (Å²) in [7, 11) is 0. The third kappa shape index (κ3) is 6.40. The molecule has 2 amide bonds. The number of anilines is 2. The summed E-state index contributed by atoms with van der Waals surface area (Å²) in [6.07, 6.45) is 1.05. The molecule has 0 aliphatic heterocycles. The molecule has 0 aliphatic rings. The second kappa shape index (κ2) is 10.4. The Hall–Kier alpha value is -2.71. The number of aromatic nitrogens is 2. The van der Waals surface area contributed by atoms with E-state index in [9.17, 15) is 9.59 Å². The Balaban J connectivity index is 1.46. The Kier molecular flexibility index (Phi) is 7.59. The lowest BCUT2D eigenvalue weighted by Gasteiger charge is -2.12. The fraction of sp³-hybridized carbons (Fsp3) is 0.273. The van der Waals surface area contributed by atoms with Crippen molar-refractivity contribution in [3.05, 3.63) is 64.7 Å². The van der Waals surface area contributed by atoms with Crippen LogP contribution in [0.25, 0.3) is 0 Å². The zero-order chi connectivity index (χ0) is 21.5. The number of rotatable bonds is 8. The number of benzene rings is 2. The Morgan fingerprint density at radius 1 is 0.967 bits per heavy atom. The quantitative estimate of drug-likeness (QED) is 0.389. The smallest absolute Gasteiger partial charge is 0.234 e. The first-order valence-electron chi connectivity index (χ1n) is 9.58. The number of aryl methyl sites for hydroxylation is 4. The van der Waals surface area contributed by atoms with Crippen molar-refractivity contribution in [3.63, 3.8) is 0 Å². The van der Waals surface area contributed by atoms with Crippen molar-refractivity contribution < 1.29 is 9.59 Å². The van der Waals surface area contributed by atoms with E-state index in [1.54, 1.807) is 0 Å². The monoisotopic (exact) mass is 440 g/mol. The maximum atomic E-state index is 12.3. The molecule has 3 aromatic rings. The maximum Gasteiger partial charge on any atom is 0.234 e. The van der Waals surface area contributed by atoms with Crippen LogP contribution in [0.2, 0.25) is 0 Å². The van der Waals surface area contributed by atoms with Crippen molar-refractivity contribution in [3.8, 4) is 0 Å². The molecule has 30 heavy (non-hydrogen) atoms. The first-order valence-corrected chi connectivity index (χ1v) is 11.4. The maximum absolute atomic E-state index is 12.3. The van der Waals surface area contributed by atoms with E-state index < -0.39 is 0 Å². The highest BCUT2D eigenvalue weighted by atomic mass is 32.2. The van der Waals surface area contributed by atoms with Crippen molar-refractivity contribution in [2.75, 3.05) is 16.4 Å². The molecule has 0 bridgehead atoms. The molecule has 0 radical (unpaired) electrons. The van der Waals surface area contributed by atoms with Crippen molar-refractivity contribution >= 4 is 45.7 Å². The average molecular weight is 441 g/mol. The minimum Gasteiger partial charge on any atom is -0.325 e. The van der Waals surface area contributed by atoms with Crippen LogP contribution in [0.15, 0.2) is 46.8 Å². The van der Waals surface area contributed by atoms with Crippen LogP contribution in [0.3, 0.4) is 0 Å². The van der Waals surface area contributed by atoms with E-state index in [-0.39, 0.29) is 17.6 Å². The van der Waals surface area contributed by atoms with Gasteiger partial charge in [0.05, 0.1) is 5.75 Å². The number of nitrogens with zero attached hydrogens (tertiary/aromatic N) is 2. The van der Waals surface area contributed by atoms with Crippen LogP contribution in [0.1, 0.15) is 28.7 Å². The molecular weight excluding hydrogens is 416 g/mol. The highest BCUT2D eigenvalue weighted by Crippen LogP contribution is 2.27. The largest absolute Gasteiger partial charge is 0.325 e. The molecule has 156 valence electrons. The SMILES string of the molecule is Cc1cc(C)c(NC(=O)CSc2nnc(NC(=O)CCc3ccccc3)s2)c(C)c1. The molecule has 0 aliphatic carbocycles. The average Bonchev–Trinajstić information content (AvgIpc) is 3.15. The molecule has 1 heterocycles.